The van der Waals surface area contributed by atoms with Gasteiger partial charge < -0.3 is 31.5 Å². The zero-order chi connectivity index (χ0) is 35.6. The van der Waals surface area contributed by atoms with E-state index < -0.39 is 27.5 Å². The van der Waals surface area contributed by atoms with Gasteiger partial charge in [0.1, 0.15) is 0 Å². The zero-order valence-corrected chi connectivity index (χ0v) is 31.7. The Morgan fingerprint density at radius 3 is 1.15 bits per heavy atom. The van der Waals surface area contributed by atoms with Crippen molar-refractivity contribution in [2.24, 2.45) is 0 Å². The predicted molar refractivity (Wildman–Crippen MR) is 193 cm³/mol. The average Bonchev–Trinajstić information content (AvgIpc) is 3.05. The first-order valence-electron chi connectivity index (χ1n) is 16.5. The third-order valence-electron chi connectivity index (χ3n) is 7.11. The van der Waals surface area contributed by atoms with Crippen LogP contribution in [-0.4, -0.2) is 90.2 Å². The summed E-state index contributed by atoms with van der Waals surface area (Å²) in [5.74, 6) is 0. The molecule has 0 N–H and O–H groups in total. The van der Waals surface area contributed by atoms with Gasteiger partial charge in [-0.2, -0.15) is 0 Å². The lowest BCUT2D eigenvalue weighted by Gasteiger charge is -2.35. The van der Waals surface area contributed by atoms with Crippen LogP contribution in [0.2, 0.25) is 12.1 Å². The molecule has 268 valence electrons. The van der Waals surface area contributed by atoms with E-state index in [-0.39, 0.29) is 11.4 Å². The smallest absolute Gasteiger partial charge is 0.374 e. The minimum atomic E-state index is -2.94. The SMILES string of the molecule is CCO[Si](CCCN(CCC[Si](OCC)(OCC)OCC)C(=S)N(c1ccc([N+](=O)[O-])cc1)c1ccc([N+](=O)[O-])cc1)(OCC)OCC. The van der Waals surface area contributed by atoms with Crippen LogP contribution in [-0.2, 0) is 26.6 Å². The van der Waals surface area contributed by atoms with Gasteiger partial charge in [-0.15, -0.1) is 0 Å². The third-order valence-corrected chi connectivity index (χ3v) is 13.9. The quantitative estimate of drug-likeness (QED) is 0.0469. The fourth-order valence-corrected chi connectivity index (χ4v) is 10.8. The summed E-state index contributed by atoms with van der Waals surface area (Å²) >= 11 is 6.17. The number of non-ortho nitro benzene ring substituents is 2. The molecule has 17 heteroatoms. The molecule has 0 radical (unpaired) electrons. The zero-order valence-electron chi connectivity index (χ0n) is 28.9. The van der Waals surface area contributed by atoms with Crippen LogP contribution in [0.3, 0.4) is 0 Å². The Hall–Kier alpha value is -2.88. The lowest BCUT2D eigenvalue weighted by molar-refractivity contribution is -0.385. The van der Waals surface area contributed by atoms with Crippen LogP contribution < -0.4 is 4.90 Å². The van der Waals surface area contributed by atoms with Crippen LogP contribution in [0.4, 0.5) is 22.7 Å². The largest absolute Gasteiger partial charge is 0.500 e. The second-order valence-corrected chi connectivity index (χ2v) is 16.2. The van der Waals surface area contributed by atoms with Gasteiger partial charge in [0, 0.05) is 100 Å². The molecule has 0 aliphatic heterocycles. The number of nitrogens with zero attached hydrogens (tertiary/aromatic N) is 4. The fraction of sp³-hybridized carbons (Fsp3) is 0.581. The van der Waals surface area contributed by atoms with Crippen molar-refractivity contribution >= 4 is 57.7 Å². The summed E-state index contributed by atoms with van der Waals surface area (Å²) in [6.07, 6.45) is 1.26. The highest BCUT2D eigenvalue weighted by molar-refractivity contribution is 7.80. The van der Waals surface area contributed by atoms with Gasteiger partial charge in [0.2, 0.25) is 0 Å². The molecule has 0 saturated heterocycles. The maximum absolute atomic E-state index is 11.4. The lowest BCUT2D eigenvalue weighted by atomic mass is 10.2. The summed E-state index contributed by atoms with van der Waals surface area (Å²) < 4.78 is 36.5. The summed E-state index contributed by atoms with van der Waals surface area (Å²) in [4.78, 5) is 25.7. The van der Waals surface area contributed by atoms with E-state index in [0.717, 1.165) is 0 Å². The summed E-state index contributed by atoms with van der Waals surface area (Å²) in [5, 5.41) is 23.2. The Bertz CT molecular complexity index is 1150. The van der Waals surface area contributed by atoms with E-state index in [9.17, 15) is 20.2 Å². The molecule has 0 unspecified atom stereocenters. The van der Waals surface area contributed by atoms with Gasteiger partial charge in [0.25, 0.3) is 11.4 Å². The van der Waals surface area contributed by atoms with E-state index in [2.05, 4.69) is 0 Å². The van der Waals surface area contributed by atoms with E-state index in [1.165, 1.54) is 24.3 Å². The van der Waals surface area contributed by atoms with Crippen molar-refractivity contribution in [3.05, 3.63) is 68.8 Å². The molecule has 0 atom stereocenters. The Balaban J connectivity index is 2.52. The van der Waals surface area contributed by atoms with Crippen LogP contribution in [0, 0.1) is 20.2 Å². The van der Waals surface area contributed by atoms with Gasteiger partial charge in [0.05, 0.1) is 9.85 Å². The van der Waals surface area contributed by atoms with Gasteiger partial charge in [-0.1, -0.05) is 0 Å². The monoisotopic (exact) mass is 726 g/mol. The lowest BCUT2D eigenvalue weighted by Crippen LogP contribution is -2.48. The summed E-state index contributed by atoms with van der Waals surface area (Å²) in [6.45, 7) is 15.3. The first-order valence-corrected chi connectivity index (χ1v) is 20.7. The molecule has 0 amide bonds. The highest BCUT2D eigenvalue weighted by Gasteiger charge is 2.41. The molecule has 0 spiro atoms. The average molecular weight is 727 g/mol. The van der Waals surface area contributed by atoms with Crippen molar-refractivity contribution in [1.82, 2.24) is 4.90 Å². The van der Waals surface area contributed by atoms with E-state index >= 15 is 0 Å². The maximum atomic E-state index is 11.4. The number of nitro benzene ring substituents is 2. The standard InChI is InChI=1S/C31H50N4O10SSi2/c1-7-40-47(41-8-2,42-9-3)25-13-23-32(24-14-26-48(43-10-4,44-11-5)45-12-6)31(46)33(27-15-19-29(20-16-27)34(36)37)28-17-21-30(22-18-28)35(38)39/h15-22H,7-14,23-26H2,1-6H3. The minimum absolute atomic E-state index is 0.0710. The first kappa shape index (κ1) is 41.3. The van der Waals surface area contributed by atoms with Crippen LogP contribution in [0.15, 0.2) is 48.5 Å². The molecule has 14 nitrogen and oxygen atoms in total. The van der Waals surface area contributed by atoms with Crippen molar-refractivity contribution in [2.45, 2.75) is 66.5 Å². The highest BCUT2D eigenvalue weighted by Crippen LogP contribution is 2.31. The summed E-state index contributed by atoms with van der Waals surface area (Å²) in [5.41, 5.74) is 0.984. The predicted octanol–water partition coefficient (Wildman–Crippen LogP) is 7.11. The van der Waals surface area contributed by atoms with Crippen molar-refractivity contribution in [2.75, 3.05) is 57.6 Å². The first-order chi connectivity index (χ1) is 23.0. The van der Waals surface area contributed by atoms with Gasteiger partial charge in [-0.3, -0.25) is 25.1 Å². The van der Waals surface area contributed by atoms with Crippen molar-refractivity contribution < 1.29 is 36.4 Å². The van der Waals surface area contributed by atoms with Gasteiger partial charge in [-0.05, 0) is 90.9 Å². The van der Waals surface area contributed by atoms with Crippen LogP contribution >= 0.6 is 12.2 Å². The Morgan fingerprint density at radius 2 is 0.896 bits per heavy atom. The van der Waals surface area contributed by atoms with E-state index in [1.807, 2.05) is 46.4 Å². The Labute approximate surface area is 291 Å². The molecule has 0 heterocycles. The number of rotatable bonds is 24. The molecule has 0 saturated carbocycles. The van der Waals surface area contributed by atoms with Crippen molar-refractivity contribution in [1.29, 1.82) is 0 Å². The minimum Gasteiger partial charge on any atom is -0.374 e. The van der Waals surface area contributed by atoms with E-state index in [0.29, 0.717) is 94.1 Å². The van der Waals surface area contributed by atoms with Gasteiger partial charge in [-0.25, -0.2) is 0 Å². The molecule has 0 aliphatic carbocycles. The number of anilines is 2. The highest BCUT2D eigenvalue weighted by atomic mass is 32.1. The molecule has 2 rings (SSSR count). The Kier molecular flexibility index (Phi) is 18.3. The molecule has 0 aromatic heterocycles. The normalized spacial score (nSPS) is 11.8. The molecule has 2 aromatic carbocycles. The third kappa shape index (κ3) is 12.2. The van der Waals surface area contributed by atoms with Crippen LogP contribution in [0.25, 0.3) is 0 Å². The van der Waals surface area contributed by atoms with Gasteiger partial charge in [0.15, 0.2) is 5.11 Å². The number of benzene rings is 2. The molecule has 0 bridgehead atoms. The molecular weight excluding hydrogens is 677 g/mol. The molecule has 2 aromatic rings. The van der Waals surface area contributed by atoms with E-state index in [4.69, 9.17) is 38.8 Å². The fourth-order valence-electron chi connectivity index (χ4n) is 5.24. The van der Waals surface area contributed by atoms with Crippen molar-refractivity contribution in [3.8, 4) is 0 Å². The number of nitro groups is 2. The molecule has 0 aliphatic rings. The molecule has 48 heavy (non-hydrogen) atoms. The van der Waals surface area contributed by atoms with Crippen LogP contribution in [0.5, 0.6) is 0 Å². The van der Waals surface area contributed by atoms with Crippen molar-refractivity contribution in [3.63, 3.8) is 0 Å². The summed E-state index contributed by atoms with van der Waals surface area (Å²) in [7, 11) is -5.89. The van der Waals surface area contributed by atoms with E-state index in [1.54, 1.807) is 29.2 Å². The van der Waals surface area contributed by atoms with Crippen LogP contribution in [0.1, 0.15) is 54.4 Å². The molecule has 0 fully saturated rings. The maximum Gasteiger partial charge on any atom is 0.500 e. The summed E-state index contributed by atoms with van der Waals surface area (Å²) in [6, 6.07) is 13.2. The molecular formula is C31H50N4O10SSi2. The second-order valence-electron chi connectivity index (χ2n) is 10.3. The topological polar surface area (TPSA) is 148 Å². The number of hydrogen-bond acceptors (Lipinski definition) is 11. The Morgan fingerprint density at radius 1 is 0.604 bits per heavy atom. The van der Waals surface area contributed by atoms with Gasteiger partial charge >= 0.3 is 17.6 Å². The second kappa shape index (κ2) is 21.3. The number of hydrogen-bond donors (Lipinski definition) is 0. The number of thiocarbonyl (C=S) groups is 1.